The molecular formula is C21H29ClFN5O2. The number of anilines is 1. The van der Waals surface area contributed by atoms with Crippen LogP contribution in [-0.2, 0) is 0 Å². The van der Waals surface area contributed by atoms with Crippen LogP contribution >= 0.6 is 12.4 Å². The molecule has 7 nitrogen and oxygen atoms in total. The number of nitrogen functional groups attached to an aromatic ring is 1. The predicted octanol–water partition coefficient (Wildman–Crippen LogP) is 2.03. The van der Waals surface area contributed by atoms with Crippen molar-refractivity contribution in [3.05, 3.63) is 38.3 Å². The van der Waals surface area contributed by atoms with Crippen molar-refractivity contribution in [3.63, 3.8) is 0 Å². The summed E-state index contributed by atoms with van der Waals surface area (Å²) in [6.45, 7) is 3.06. The fraction of sp³-hybridized carbons (Fsp3) is 0.619. The molecule has 0 spiro atoms. The lowest BCUT2D eigenvalue weighted by atomic mass is 9.78. The average Bonchev–Trinajstić information content (AvgIpc) is 3.47. The lowest BCUT2D eigenvalue weighted by Crippen LogP contribution is -2.45. The van der Waals surface area contributed by atoms with Crippen LogP contribution in [0.3, 0.4) is 0 Å². The Morgan fingerprint density at radius 1 is 1.17 bits per heavy atom. The first-order chi connectivity index (χ1) is 13.9. The number of aryl methyl sites for hydroxylation is 1. The van der Waals surface area contributed by atoms with Crippen molar-refractivity contribution >= 4 is 29.0 Å². The van der Waals surface area contributed by atoms with Crippen molar-refractivity contribution in [2.24, 2.45) is 17.6 Å². The van der Waals surface area contributed by atoms with Crippen LogP contribution in [0, 0.1) is 24.6 Å². The van der Waals surface area contributed by atoms with Gasteiger partial charge in [0.1, 0.15) is 5.82 Å². The summed E-state index contributed by atoms with van der Waals surface area (Å²) in [6.07, 6.45) is 6.40. The summed E-state index contributed by atoms with van der Waals surface area (Å²) in [4.78, 5) is 27.5. The van der Waals surface area contributed by atoms with Crippen molar-refractivity contribution in [2.45, 2.75) is 57.5 Å². The number of hydrogen-bond acceptors (Lipinski definition) is 5. The van der Waals surface area contributed by atoms with Crippen molar-refractivity contribution in [1.82, 2.24) is 9.24 Å². The van der Waals surface area contributed by atoms with Crippen molar-refractivity contribution in [1.29, 1.82) is 0 Å². The molecule has 0 radical (unpaired) electrons. The topological polar surface area (TPSA) is 99.3 Å². The summed E-state index contributed by atoms with van der Waals surface area (Å²) in [7, 11) is 0. The minimum absolute atomic E-state index is 0. The summed E-state index contributed by atoms with van der Waals surface area (Å²) in [5, 5.41) is 0.165. The molecule has 2 heterocycles. The Hall–Kier alpha value is -2.06. The van der Waals surface area contributed by atoms with E-state index in [2.05, 4.69) is 4.90 Å². The molecule has 164 valence electrons. The summed E-state index contributed by atoms with van der Waals surface area (Å²) in [5.74, 6) is 6.28. The Morgan fingerprint density at radius 2 is 1.87 bits per heavy atom. The highest BCUT2D eigenvalue weighted by Gasteiger charge is 2.43. The first-order valence-electron chi connectivity index (χ1n) is 10.7. The Kier molecular flexibility index (Phi) is 5.34. The first kappa shape index (κ1) is 21.2. The molecule has 0 bridgehead atoms. The maximum Gasteiger partial charge on any atom is 0.350 e. The second kappa shape index (κ2) is 7.57. The Bertz CT molecular complexity index is 1110. The molecule has 2 aliphatic carbocycles. The number of rotatable bonds is 3. The molecule has 30 heavy (non-hydrogen) atoms. The van der Waals surface area contributed by atoms with Gasteiger partial charge in [-0.3, -0.25) is 9.36 Å². The smallest absolute Gasteiger partial charge is 0.350 e. The normalized spacial score (nSPS) is 26.0. The number of fused-ring (bicyclic) bond motifs is 2. The van der Waals surface area contributed by atoms with Gasteiger partial charge in [-0.05, 0) is 50.5 Å². The zero-order valence-electron chi connectivity index (χ0n) is 17.1. The Morgan fingerprint density at radius 3 is 2.53 bits per heavy atom. The van der Waals surface area contributed by atoms with Gasteiger partial charge in [0.05, 0.1) is 16.6 Å². The monoisotopic (exact) mass is 437 g/mol. The third-order valence-electron chi connectivity index (χ3n) is 7.30. The van der Waals surface area contributed by atoms with Crippen LogP contribution < -0.4 is 27.7 Å². The SMILES string of the molecule is Cc1c(N2CC3CCCCC3C2CN)c(F)cc2c(=O)n(N)c(=O)n(C3CC3)c12.Cl. The van der Waals surface area contributed by atoms with E-state index in [4.69, 9.17) is 11.6 Å². The van der Waals surface area contributed by atoms with E-state index in [1.165, 1.54) is 18.9 Å². The molecular weight excluding hydrogens is 409 g/mol. The number of nitrogens with two attached hydrogens (primary N) is 2. The zero-order chi connectivity index (χ0) is 20.4. The van der Waals surface area contributed by atoms with Gasteiger partial charge in [0.25, 0.3) is 5.56 Å². The summed E-state index contributed by atoms with van der Waals surface area (Å²) < 4.78 is 17.6. The van der Waals surface area contributed by atoms with E-state index in [0.717, 1.165) is 32.2 Å². The highest BCUT2D eigenvalue weighted by molar-refractivity contribution is 5.87. The van der Waals surface area contributed by atoms with Gasteiger partial charge in [-0.2, -0.15) is 4.68 Å². The summed E-state index contributed by atoms with van der Waals surface area (Å²) in [6, 6.07) is 1.36. The third kappa shape index (κ3) is 2.95. The zero-order valence-corrected chi connectivity index (χ0v) is 18.0. The molecule has 1 saturated heterocycles. The number of benzene rings is 1. The number of hydrogen-bond donors (Lipinski definition) is 2. The third-order valence-corrected chi connectivity index (χ3v) is 7.30. The van der Waals surface area contributed by atoms with Gasteiger partial charge in [-0.1, -0.05) is 12.8 Å². The maximum atomic E-state index is 15.4. The molecule has 1 aromatic heterocycles. The molecule has 3 atom stereocenters. The van der Waals surface area contributed by atoms with E-state index >= 15 is 4.39 Å². The summed E-state index contributed by atoms with van der Waals surface area (Å²) >= 11 is 0. The van der Waals surface area contributed by atoms with Gasteiger partial charge in [-0.25, -0.2) is 9.18 Å². The van der Waals surface area contributed by atoms with Crippen LogP contribution in [0.15, 0.2) is 15.7 Å². The van der Waals surface area contributed by atoms with Crippen LogP contribution in [0.5, 0.6) is 0 Å². The fourth-order valence-corrected chi connectivity index (χ4v) is 5.83. The predicted molar refractivity (Wildman–Crippen MR) is 118 cm³/mol. The molecule has 5 rings (SSSR count). The van der Waals surface area contributed by atoms with E-state index < -0.39 is 17.1 Å². The average molecular weight is 438 g/mol. The highest BCUT2D eigenvalue weighted by Crippen LogP contribution is 2.45. The Labute approximate surface area is 180 Å². The van der Waals surface area contributed by atoms with Gasteiger partial charge < -0.3 is 16.5 Å². The number of aromatic nitrogens is 2. The molecule has 2 aromatic rings. The van der Waals surface area contributed by atoms with E-state index in [1.807, 2.05) is 6.92 Å². The van der Waals surface area contributed by atoms with Gasteiger partial charge in [0.15, 0.2) is 0 Å². The summed E-state index contributed by atoms with van der Waals surface area (Å²) in [5.41, 5.74) is 6.61. The van der Waals surface area contributed by atoms with Gasteiger partial charge >= 0.3 is 5.69 Å². The molecule has 2 saturated carbocycles. The number of nitrogens with zero attached hydrogens (tertiary/aromatic N) is 3. The fourth-order valence-electron chi connectivity index (χ4n) is 5.83. The lowest BCUT2D eigenvalue weighted by Gasteiger charge is -2.32. The van der Waals surface area contributed by atoms with E-state index in [9.17, 15) is 9.59 Å². The van der Waals surface area contributed by atoms with Crippen LogP contribution in [0.1, 0.15) is 50.1 Å². The quantitative estimate of drug-likeness (QED) is 0.716. The first-order valence-corrected chi connectivity index (χ1v) is 10.7. The van der Waals surface area contributed by atoms with Crippen LogP contribution in [0.2, 0.25) is 0 Å². The van der Waals surface area contributed by atoms with Crippen LogP contribution in [0.4, 0.5) is 10.1 Å². The van der Waals surface area contributed by atoms with Gasteiger partial charge in [0, 0.05) is 30.7 Å². The molecule has 1 aromatic carbocycles. The van der Waals surface area contributed by atoms with E-state index in [0.29, 0.717) is 39.8 Å². The molecule has 0 amide bonds. The molecule has 9 heteroatoms. The molecule has 3 fully saturated rings. The van der Waals surface area contributed by atoms with Crippen molar-refractivity contribution < 1.29 is 4.39 Å². The largest absolute Gasteiger partial charge is 0.364 e. The number of halogens is 2. The van der Waals surface area contributed by atoms with Crippen molar-refractivity contribution in [2.75, 3.05) is 23.8 Å². The molecule has 1 aliphatic heterocycles. The van der Waals surface area contributed by atoms with Crippen LogP contribution in [-0.4, -0.2) is 28.4 Å². The van der Waals surface area contributed by atoms with Crippen molar-refractivity contribution in [3.8, 4) is 0 Å². The molecule has 3 unspecified atom stereocenters. The van der Waals surface area contributed by atoms with Gasteiger partial charge in [-0.15, -0.1) is 12.4 Å². The minimum Gasteiger partial charge on any atom is -0.364 e. The lowest BCUT2D eigenvalue weighted by molar-refractivity contribution is 0.268. The highest BCUT2D eigenvalue weighted by atomic mass is 35.5. The van der Waals surface area contributed by atoms with Crippen LogP contribution in [0.25, 0.3) is 10.9 Å². The minimum atomic E-state index is -0.652. The van der Waals surface area contributed by atoms with Gasteiger partial charge in [0.2, 0.25) is 0 Å². The molecule has 4 N–H and O–H groups in total. The molecule has 3 aliphatic rings. The maximum absolute atomic E-state index is 15.4. The second-order valence-corrected chi connectivity index (χ2v) is 8.95. The van der Waals surface area contributed by atoms with E-state index in [-0.39, 0.29) is 29.9 Å². The Balaban J connectivity index is 0.00000218. The standard InChI is InChI=1S/C21H28FN5O2.ClH/c1-11-18-15(20(28)27(24)21(29)26(18)13-6-7-13)8-16(22)19(11)25-10-12-4-2-3-5-14(12)17(25)9-23;/h8,12-14,17H,2-7,9-10,23-24H2,1H3;1H. The second-order valence-electron chi connectivity index (χ2n) is 8.95. The van der Waals surface area contributed by atoms with E-state index in [1.54, 1.807) is 4.57 Å².